The molecule has 0 aliphatic rings. The van der Waals surface area contributed by atoms with Crippen molar-refractivity contribution in [2.45, 2.75) is 12.7 Å². The maximum Gasteiger partial charge on any atom is 0.136 e. The van der Waals surface area contributed by atoms with Gasteiger partial charge < -0.3 is 4.57 Å². The van der Waals surface area contributed by atoms with E-state index in [0.29, 0.717) is 6.54 Å². The summed E-state index contributed by atoms with van der Waals surface area (Å²) in [6.07, 6.45) is 0.327. The third kappa shape index (κ3) is 1.61. The summed E-state index contributed by atoms with van der Waals surface area (Å²) in [7, 11) is 0. The molecule has 2 aromatic carbocycles. The lowest BCUT2D eigenvalue weighted by Crippen LogP contribution is -2.08. The Kier molecular flexibility index (Phi) is 2.63. The van der Waals surface area contributed by atoms with Crippen molar-refractivity contribution in [2.75, 3.05) is 0 Å². The number of fused-ring (bicyclic) bond motifs is 3. The third-order valence-corrected chi connectivity index (χ3v) is 3.29. The van der Waals surface area contributed by atoms with Crippen LogP contribution < -0.4 is 0 Å². The van der Waals surface area contributed by atoms with Gasteiger partial charge in [-0.3, -0.25) is 0 Å². The second-order valence-corrected chi connectivity index (χ2v) is 4.40. The molecule has 3 aromatic rings. The van der Waals surface area contributed by atoms with Crippen LogP contribution in [0.5, 0.6) is 0 Å². The van der Waals surface area contributed by atoms with E-state index >= 15 is 0 Å². The highest BCUT2D eigenvalue weighted by molar-refractivity contribution is 6.07. The summed E-state index contributed by atoms with van der Waals surface area (Å²) in [4.78, 5) is 0. The molecule has 18 heavy (non-hydrogen) atoms. The number of allylic oxidation sites excluding steroid dienone is 1. The quantitative estimate of drug-likeness (QED) is 0.600. The molecule has 1 nitrogen and oxygen atoms in total. The number of nitrogens with zero attached hydrogens (tertiary/aromatic N) is 1. The topological polar surface area (TPSA) is 4.93 Å². The van der Waals surface area contributed by atoms with E-state index in [1.54, 1.807) is 0 Å². The van der Waals surface area contributed by atoms with Gasteiger partial charge in [-0.1, -0.05) is 42.5 Å². The Hall–Kier alpha value is -2.09. The molecule has 3 rings (SSSR count). The largest absolute Gasteiger partial charge is 0.337 e. The van der Waals surface area contributed by atoms with Gasteiger partial charge in [0.05, 0.1) is 6.54 Å². The number of aromatic nitrogens is 1. The first-order valence-corrected chi connectivity index (χ1v) is 6.04. The van der Waals surface area contributed by atoms with Gasteiger partial charge in [-0.2, -0.15) is 0 Å². The van der Waals surface area contributed by atoms with Crippen molar-refractivity contribution in [2.24, 2.45) is 0 Å². The van der Waals surface area contributed by atoms with Crippen molar-refractivity contribution in [3.8, 4) is 0 Å². The van der Waals surface area contributed by atoms with Crippen molar-refractivity contribution in [1.82, 2.24) is 4.57 Å². The van der Waals surface area contributed by atoms with Gasteiger partial charge in [-0.15, -0.1) is 6.58 Å². The zero-order chi connectivity index (χ0) is 12.5. The van der Waals surface area contributed by atoms with Crippen LogP contribution in [0, 0.1) is 0 Å². The van der Waals surface area contributed by atoms with Gasteiger partial charge >= 0.3 is 0 Å². The first kappa shape index (κ1) is 11.0. The average Bonchev–Trinajstić information content (AvgIpc) is 2.74. The average molecular weight is 239 g/mol. The number of benzene rings is 2. The number of hydrogen-bond acceptors (Lipinski definition) is 0. The highest BCUT2D eigenvalue weighted by Crippen LogP contribution is 2.29. The molecule has 1 heterocycles. The fourth-order valence-electron chi connectivity index (χ4n) is 2.45. The van der Waals surface area contributed by atoms with Gasteiger partial charge in [-0.05, 0) is 12.1 Å². The Labute approximate surface area is 105 Å². The maximum absolute atomic E-state index is 13.6. The SMILES string of the molecule is C=C[C@@H](F)Cn1c2ccccc2c2ccccc21. The fourth-order valence-corrected chi connectivity index (χ4v) is 2.45. The molecule has 0 aliphatic heterocycles. The third-order valence-electron chi connectivity index (χ3n) is 3.29. The van der Waals surface area contributed by atoms with Crippen molar-refractivity contribution in [1.29, 1.82) is 0 Å². The monoisotopic (exact) mass is 239 g/mol. The second kappa shape index (κ2) is 4.30. The zero-order valence-corrected chi connectivity index (χ0v) is 10.0. The van der Waals surface area contributed by atoms with Gasteiger partial charge in [0.2, 0.25) is 0 Å². The molecule has 0 saturated carbocycles. The van der Waals surface area contributed by atoms with Crippen LogP contribution in [0.25, 0.3) is 21.8 Å². The standard InChI is InChI=1S/C16H14FN/c1-2-12(17)11-18-15-9-5-3-7-13(15)14-8-4-6-10-16(14)18/h2-10,12H,1,11H2/t12-/m1/s1. The van der Waals surface area contributed by atoms with Crippen LogP contribution >= 0.6 is 0 Å². The summed E-state index contributed by atoms with van der Waals surface area (Å²) in [5.74, 6) is 0. The molecule has 0 spiro atoms. The van der Waals surface area contributed by atoms with E-state index in [1.807, 2.05) is 41.0 Å². The van der Waals surface area contributed by atoms with Crippen LogP contribution in [0.3, 0.4) is 0 Å². The lowest BCUT2D eigenvalue weighted by molar-refractivity contribution is 0.363. The molecular weight excluding hydrogens is 225 g/mol. The van der Waals surface area contributed by atoms with Crippen LogP contribution in [0.1, 0.15) is 0 Å². The van der Waals surface area contributed by atoms with Crippen LogP contribution in [0.4, 0.5) is 4.39 Å². The Morgan fingerprint density at radius 2 is 1.50 bits per heavy atom. The van der Waals surface area contributed by atoms with E-state index in [0.717, 1.165) is 11.0 Å². The number of alkyl halides is 1. The van der Waals surface area contributed by atoms with Gasteiger partial charge in [0, 0.05) is 21.8 Å². The molecule has 0 bridgehead atoms. The Balaban J connectivity index is 2.34. The van der Waals surface area contributed by atoms with E-state index < -0.39 is 6.17 Å². The minimum atomic E-state index is -1.02. The van der Waals surface area contributed by atoms with Gasteiger partial charge in [0.1, 0.15) is 6.17 Å². The fraction of sp³-hybridized carbons (Fsp3) is 0.125. The normalized spacial score (nSPS) is 12.9. The van der Waals surface area contributed by atoms with Crippen molar-refractivity contribution < 1.29 is 4.39 Å². The molecule has 1 atom stereocenters. The van der Waals surface area contributed by atoms with Crippen LogP contribution in [-0.4, -0.2) is 10.7 Å². The van der Waals surface area contributed by atoms with Crippen LogP contribution in [0.2, 0.25) is 0 Å². The first-order valence-electron chi connectivity index (χ1n) is 6.04. The van der Waals surface area contributed by atoms with Crippen molar-refractivity contribution >= 4 is 21.8 Å². The highest BCUT2D eigenvalue weighted by atomic mass is 19.1. The molecule has 0 saturated heterocycles. The molecule has 2 heteroatoms. The summed E-state index contributed by atoms with van der Waals surface area (Å²) in [5.41, 5.74) is 2.14. The molecule has 0 amide bonds. The van der Waals surface area contributed by atoms with E-state index in [9.17, 15) is 4.39 Å². The smallest absolute Gasteiger partial charge is 0.136 e. The summed E-state index contributed by atoms with van der Waals surface area (Å²) in [5, 5.41) is 2.34. The minimum absolute atomic E-state index is 0.317. The molecule has 0 radical (unpaired) electrons. The predicted octanol–water partition coefficient (Wildman–Crippen LogP) is 4.32. The Bertz CT molecular complexity index is 658. The van der Waals surface area contributed by atoms with E-state index in [4.69, 9.17) is 0 Å². The molecule has 0 N–H and O–H groups in total. The van der Waals surface area contributed by atoms with Crippen LogP contribution in [-0.2, 0) is 6.54 Å². The molecule has 90 valence electrons. The molecule has 0 fully saturated rings. The number of halogens is 1. The number of hydrogen-bond donors (Lipinski definition) is 0. The molecule has 0 aliphatic carbocycles. The minimum Gasteiger partial charge on any atom is -0.337 e. The summed E-state index contributed by atoms with van der Waals surface area (Å²) >= 11 is 0. The van der Waals surface area contributed by atoms with Gasteiger partial charge in [0.25, 0.3) is 0 Å². The molecule has 0 unspecified atom stereocenters. The summed E-state index contributed by atoms with van der Waals surface area (Å²) in [6.45, 7) is 3.83. The Morgan fingerprint density at radius 1 is 1.00 bits per heavy atom. The zero-order valence-electron chi connectivity index (χ0n) is 10.0. The van der Waals surface area contributed by atoms with E-state index in [2.05, 4.69) is 18.7 Å². The second-order valence-electron chi connectivity index (χ2n) is 4.40. The number of rotatable bonds is 3. The summed E-state index contributed by atoms with van der Waals surface area (Å²) < 4.78 is 15.6. The summed E-state index contributed by atoms with van der Waals surface area (Å²) in [6, 6.07) is 16.2. The van der Waals surface area contributed by atoms with E-state index in [1.165, 1.54) is 16.8 Å². The highest BCUT2D eigenvalue weighted by Gasteiger charge is 2.11. The molecular formula is C16H14FN. The number of para-hydroxylation sites is 2. The van der Waals surface area contributed by atoms with Crippen molar-refractivity contribution in [3.05, 3.63) is 61.2 Å². The first-order chi connectivity index (χ1) is 8.81. The van der Waals surface area contributed by atoms with E-state index in [-0.39, 0.29) is 0 Å². The van der Waals surface area contributed by atoms with Crippen molar-refractivity contribution in [3.63, 3.8) is 0 Å². The predicted molar refractivity (Wildman–Crippen MR) is 74.5 cm³/mol. The Morgan fingerprint density at radius 3 is 2.00 bits per heavy atom. The molecule has 1 aromatic heterocycles. The van der Waals surface area contributed by atoms with Gasteiger partial charge in [-0.25, -0.2) is 4.39 Å². The maximum atomic E-state index is 13.6. The lowest BCUT2D eigenvalue weighted by atomic mass is 10.2. The van der Waals surface area contributed by atoms with Crippen LogP contribution in [0.15, 0.2) is 61.2 Å². The van der Waals surface area contributed by atoms with Gasteiger partial charge in [0.15, 0.2) is 0 Å². The lowest BCUT2D eigenvalue weighted by Gasteiger charge is -2.08.